The molecule has 0 saturated heterocycles. The van der Waals surface area contributed by atoms with Crippen LogP contribution in [-0.2, 0) is 19.1 Å². The zero-order valence-corrected chi connectivity index (χ0v) is 46.9. The third-order valence-corrected chi connectivity index (χ3v) is 14.2. The normalized spacial score (nSPS) is 11.2. The first kappa shape index (κ1) is 54.5. The molecule has 0 aliphatic rings. The number of hydrogen-bond acceptors (Lipinski definition) is 6. The second kappa shape index (κ2) is 36.8. The minimum atomic E-state index is -0.132. The smallest absolute Gasteiger partial charge is 0.305 e. The number of hydrogen-bond donors (Lipinski definition) is 0. The van der Waals surface area contributed by atoms with Crippen molar-refractivity contribution in [2.75, 3.05) is 26.4 Å². The Morgan fingerprint density at radius 1 is 0.333 bits per heavy atom. The fourth-order valence-corrected chi connectivity index (χ4v) is 14.3. The fraction of sp³-hybridized carbons (Fsp3) is 0.689. The van der Waals surface area contributed by atoms with Crippen molar-refractivity contribution in [1.82, 2.24) is 0 Å². The monoisotopic (exact) mass is 1460 g/mol. The van der Waals surface area contributed by atoms with Crippen molar-refractivity contribution in [2.24, 2.45) is 0 Å². The van der Waals surface area contributed by atoms with Crippen LogP contribution in [-0.4, -0.2) is 38.4 Å². The zero-order valence-electron chi connectivity index (χ0n) is 33.9. The van der Waals surface area contributed by atoms with Crippen LogP contribution in [0.1, 0.15) is 173 Å². The van der Waals surface area contributed by atoms with Gasteiger partial charge in [-0.15, -0.1) is 0 Å². The molecule has 0 atom stereocenters. The van der Waals surface area contributed by atoms with Crippen LogP contribution in [0.3, 0.4) is 0 Å². The first-order valence-corrected chi connectivity index (χ1v) is 28.0. The van der Waals surface area contributed by atoms with Crippen molar-refractivity contribution < 1.29 is 28.5 Å². The number of carbonyl (C=O) groups is 2. The molecule has 324 valence electrons. The van der Waals surface area contributed by atoms with E-state index in [2.05, 4.69) is 160 Å². The molecule has 0 heterocycles. The van der Waals surface area contributed by atoms with Crippen molar-refractivity contribution in [1.29, 1.82) is 0 Å². The molecule has 6 nitrogen and oxygen atoms in total. The van der Waals surface area contributed by atoms with Crippen molar-refractivity contribution in [3.05, 3.63) is 45.7 Å². The highest BCUT2D eigenvalue weighted by Crippen LogP contribution is 2.31. The van der Waals surface area contributed by atoms with Crippen molar-refractivity contribution in [3.63, 3.8) is 0 Å². The molecule has 0 aliphatic heterocycles. The lowest BCUT2D eigenvalue weighted by atomic mass is 10.0. The Kier molecular flexibility index (Phi) is 35.2. The fourth-order valence-electron chi connectivity index (χ4n) is 6.54. The molecular weight excluding hydrogens is 1400 g/mol. The molecule has 0 fully saturated rings. The van der Waals surface area contributed by atoms with E-state index >= 15 is 0 Å². The third-order valence-electron chi connectivity index (χ3n) is 9.78. The van der Waals surface area contributed by atoms with Crippen molar-refractivity contribution in [3.8, 4) is 11.5 Å². The quantitative estimate of drug-likeness (QED) is 0.0385. The second-order valence-electron chi connectivity index (χ2n) is 14.9. The molecule has 0 aromatic heterocycles. The highest BCUT2D eigenvalue weighted by molar-refractivity contribution is 14.1. The predicted molar refractivity (Wildman–Crippen MR) is 287 cm³/mol. The average Bonchev–Trinajstić information content (AvgIpc) is 3.16. The zero-order chi connectivity index (χ0) is 41.4. The lowest BCUT2D eigenvalue weighted by Gasteiger charge is -2.11. The maximum atomic E-state index is 12.0. The summed E-state index contributed by atoms with van der Waals surface area (Å²) in [6.45, 7) is 2.26. The highest BCUT2D eigenvalue weighted by Gasteiger charge is 2.10. The summed E-state index contributed by atoms with van der Waals surface area (Å²) < 4.78 is 30.1. The van der Waals surface area contributed by atoms with Gasteiger partial charge in [-0.05, 0) is 185 Å². The van der Waals surface area contributed by atoms with Crippen molar-refractivity contribution >= 4 is 147 Å². The van der Waals surface area contributed by atoms with E-state index in [0.717, 1.165) is 63.2 Å². The summed E-state index contributed by atoms with van der Waals surface area (Å²) in [6, 6.07) is 8.67. The molecule has 0 bridgehead atoms. The van der Waals surface area contributed by atoms with E-state index in [1.54, 1.807) is 0 Å². The van der Waals surface area contributed by atoms with Gasteiger partial charge < -0.3 is 18.9 Å². The molecule has 0 N–H and O–H groups in total. The molecule has 57 heavy (non-hydrogen) atoms. The summed E-state index contributed by atoms with van der Waals surface area (Å²) in [6.07, 6.45) is 30.8. The van der Waals surface area contributed by atoms with E-state index in [-0.39, 0.29) is 11.9 Å². The van der Waals surface area contributed by atoms with Gasteiger partial charge in [0.15, 0.2) is 0 Å². The Morgan fingerprint density at radius 2 is 0.579 bits per heavy atom. The van der Waals surface area contributed by atoms with E-state index in [9.17, 15) is 9.59 Å². The molecule has 2 aromatic carbocycles. The van der Waals surface area contributed by atoms with Gasteiger partial charge >= 0.3 is 11.9 Å². The largest absolute Gasteiger partial charge is 0.491 e. The van der Waals surface area contributed by atoms with E-state index < -0.39 is 0 Å². The summed E-state index contributed by atoms with van der Waals surface area (Å²) in [7, 11) is 0. The minimum Gasteiger partial charge on any atom is -0.491 e. The van der Waals surface area contributed by atoms with Gasteiger partial charge in [-0.2, -0.15) is 0 Å². The van der Waals surface area contributed by atoms with Crippen LogP contribution in [0.4, 0.5) is 0 Å². The molecule has 0 amide bonds. The summed E-state index contributed by atoms with van der Waals surface area (Å²) in [4.78, 5) is 24.1. The molecular formula is C45H66I6O6. The number of carbonyl (C=O) groups excluding carboxylic acids is 2. The van der Waals surface area contributed by atoms with Gasteiger partial charge in [0.2, 0.25) is 0 Å². The Labute approximate surface area is 427 Å². The summed E-state index contributed by atoms with van der Waals surface area (Å²) >= 11 is 14.2. The summed E-state index contributed by atoms with van der Waals surface area (Å²) in [5.41, 5.74) is 0. The number of benzene rings is 2. The van der Waals surface area contributed by atoms with Gasteiger partial charge in [-0.3, -0.25) is 9.59 Å². The number of esters is 2. The molecule has 0 radical (unpaired) electrons. The maximum absolute atomic E-state index is 12.0. The SMILES string of the molecule is O=C(CCCCCCCCCCCCCCOc1c(I)cc(I)cc1I)OCCCOC(=O)CCCCCCCCCCCCCCOc1c(I)cc(I)cc1I. The van der Waals surface area contributed by atoms with Crippen LogP contribution in [0.25, 0.3) is 0 Å². The Balaban J connectivity index is 1.23. The summed E-state index contributed by atoms with van der Waals surface area (Å²) in [5.74, 6) is 1.81. The second-order valence-corrected chi connectivity index (χ2v) is 22.0. The van der Waals surface area contributed by atoms with Crippen LogP contribution in [0.2, 0.25) is 0 Å². The molecule has 0 saturated carbocycles. The Hall–Kier alpha value is 1.36. The molecule has 0 spiro atoms. The maximum Gasteiger partial charge on any atom is 0.305 e. The Morgan fingerprint density at radius 3 is 0.860 bits per heavy atom. The first-order valence-electron chi connectivity index (χ1n) is 21.5. The number of unbranched alkanes of at least 4 members (excludes halogenated alkanes) is 22. The van der Waals surface area contributed by atoms with E-state index in [0.29, 0.717) is 32.5 Å². The summed E-state index contributed by atoms with van der Waals surface area (Å²) in [5, 5.41) is 0. The predicted octanol–water partition coefficient (Wildman–Crippen LogP) is 16.4. The van der Waals surface area contributed by atoms with Crippen LogP contribution in [0.5, 0.6) is 11.5 Å². The van der Waals surface area contributed by atoms with Crippen molar-refractivity contribution in [2.45, 2.75) is 173 Å². The third kappa shape index (κ3) is 29.4. The highest BCUT2D eigenvalue weighted by atomic mass is 127. The van der Waals surface area contributed by atoms with Gasteiger partial charge in [-0.25, -0.2) is 0 Å². The van der Waals surface area contributed by atoms with E-state index in [1.165, 1.54) is 137 Å². The lowest BCUT2D eigenvalue weighted by molar-refractivity contribution is -0.146. The molecule has 0 aliphatic carbocycles. The van der Waals surface area contributed by atoms with Gasteiger partial charge in [0.05, 0.1) is 40.7 Å². The average molecular weight is 1460 g/mol. The number of rotatable bonds is 36. The molecule has 0 unspecified atom stereocenters. The molecule has 2 rings (SSSR count). The van der Waals surface area contributed by atoms with Gasteiger partial charge in [0.25, 0.3) is 0 Å². The van der Waals surface area contributed by atoms with Crippen LogP contribution in [0.15, 0.2) is 24.3 Å². The first-order chi connectivity index (χ1) is 27.7. The number of ether oxygens (including phenoxy) is 4. The van der Waals surface area contributed by atoms with E-state index in [1.807, 2.05) is 0 Å². The molecule has 2 aromatic rings. The Bertz CT molecular complexity index is 1230. The number of halogens is 6. The van der Waals surface area contributed by atoms with Gasteiger partial charge in [-0.1, -0.05) is 128 Å². The van der Waals surface area contributed by atoms with E-state index in [4.69, 9.17) is 18.9 Å². The van der Waals surface area contributed by atoms with Crippen LogP contribution in [0, 0.1) is 21.4 Å². The lowest BCUT2D eigenvalue weighted by Crippen LogP contribution is -2.10. The van der Waals surface area contributed by atoms with Crippen LogP contribution >= 0.6 is 136 Å². The standard InChI is InChI=1S/C45H66I6O6/c46-36-32-38(48)44(39(49)33-36)56-28-23-19-15-11-7-3-1-5-9-13-17-21-26-42(52)54-30-25-31-55-43(53)27-22-18-14-10-6-2-4-8-12-16-20-24-29-57-45-40(50)34-37(47)35-41(45)51/h32-35H,1-31H2. The van der Waals surface area contributed by atoms with Gasteiger partial charge in [0, 0.05) is 26.4 Å². The van der Waals surface area contributed by atoms with Crippen LogP contribution < -0.4 is 9.47 Å². The minimum absolute atomic E-state index is 0.132. The van der Waals surface area contributed by atoms with Gasteiger partial charge in [0.1, 0.15) is 11.5 Å². The topological polar surface area (TPSA) is 71.1 Å². The molecule has 12 heteroatoms.